The number of nitrogens with one attached hydrogen (secondary N) is 1. The summed E-state index contributed by atoms with van der Waals surface area (Å²) in [6.45, 7) is 3.72. The summed E-state index contributed by atoms with van der Waals surface area (Å²) in [6, 6.07) is 6.56. The van der Waals surface area contributed by atoms with Crippen LogP contribution in [0.5, 0.6) is 0 Å². The molecular weight excluding hydrogens is 287 g/mol. The molecule has 2 N–H and O–H groups in total. The highest BCUT2D eigenvalue weighted by molar-refractivity contribution is 5.67. The maximum atomic E-state index is 13.1. The number of hydrogen-bond acceptors (Lipinski definition) is 3. The smallest absolute Gasteiger partial charge is 0.423 e. The minimum atomic E-state index is -4.94. The second-order valence-corrected chi connectivity index (χ2v) is 5.58. The maximum Gasteiger partial charge on any atom is 0.423 e. The van der Waals surface area contributed by atoms with Crippen LogP contribution in [0.4, 0.5) is 18.0 Å². The summed E-state index contributed by atoms with van der Waals surface area (Å²) in [6.07, 6.45) is -5.97. The molecule has 1 aromatic carbocycles. The number of ether oxygens (including phenoxy) is 1. The summed E-state index contributed by atoms with van der Waals surface area (Å²) < 4.78 is 44.3. The monoisotopic (exact) mass is 305 g/mol. The van der Waals surface area contributed by atoms with Gasteiger partial charge in [-0.1, -0.05) is 30.3 Å². The van der Waals surface area contributed by atoms with Gasteiger partial charge in [0.15, 0.2) is 0 Å². The molecule has 0 saturated heterocycles. The Labute approximate surface area is 120 Å². The van der Waals surface area contributed by atoms with E-state index in [4.69, 9.17) is 4.74 Å². The molecule has 0 bridgehead atoms. The Morgan fingerprint density at radius 2 is 1.71 bits per heavy atom. The largest absolute Gasteiger partial charge is 0.444 e. The van der Waals surface area contributed by atoms with Crippen LogP contribution in [0.3, 0.4) is 0 Å². The van der Waals surface area contributed by atoms with Gasteiger partial charge in [0.05, 0.1) is 6.54 Å². The van der Waals surface area contributed by atoms with E-state index in [1.54, 1.807) is 20.8 Å². The lowest BCUT2D eigenvalue weighted by Crippen LogP contribution is -2.51. The quantitative estimate of drug-likeness (QED) is 0.902. The van der Waals surface area contributed by atoms with Crippen molar-refractivity contribution in [3.8, 4) is 0 Å². The van der Waals surface area contributed by atoms with Crippen LogP contribution in [0, 0.1) is 0 Å². The van der Waals surface area contributed by atoms with E-state index in [-0.39, 0.29) is 5.56 Å². The summed E-state index contributed by atoms with van der Waals surface area (Å²) >= 11 is 0. The minimum absolute atomic E-state index is 0.353. The average Bonchev–Trinajstić information content (AvgIpc) is 2.33. The molecule has 1 amide bonds. The van der Waals surface area contributed by atoms with Crippen molar-refractivity contribution in [2.45, 2.75) is 38.1 Å². The normalized spacial score (nSPS) is 15.2. The van der Waals surface area contributed by atoms with Gasteiger partial charge in [0, 0.05) is 0 Å². The minimum Gasteiger partial charge on any atom is -0.444 e. The zero-order valence-corrected chi connectivity index (χ0v) is 12.0. The van der Waals surface area contributed by atoms with Crippen LogP contribution in [-0.4, -0.2) is 29.5 Å². The van der Waals surface area contributed by atoms with Gasteiger partial charge in [-0.25, -0.2) is 4.79 Å². The molecule has 0 saturated carbocycles. The molecule has 0 aliphatic carbocycles. The first-order valence-electron chi connectivity index (χ1n) is 6.27. The fraction of sp³-hybridized carbons (Fsp3) is 0.500. The first kappa shape index (κ1) is 17.3. The molecule has 0 fully saturated rings. The van der Waals surface area contributed by atoms with E-state index in [1.165, 1.54) is 18.2 Å². The molecule has 7 heteroatoms. The number of carbonyl (C=O) groups excluding carboxylic acids is 1. The first-order chi connectivity index (χ1) is 9.46. The molecule has 1 unspecified atom stereocenters. The molecule has 0 aliphatic heterocycles. The van der Waals surface area contributed by atoms with Gasteiger partial charge in [0.1, 0.15) is 5.60 Å². The van der Waals surface area contributed by atoms with Crippen molar-refractivity contribution >= 4 is 6.09 Å². The van der Waals surface area contributed by atoms with Crippen molar-refractivity contribution in [2.75, 3.05) is 6.54 Å². The fourth-order valence-corrected chi connectivity index (χ4v) is 1.59. The highest BCUT2D eigenvalue weighted by Crippen LogP contribution is 2.38. The highest BCUT2D eigenvalue weighted by atomic mass is 19.4. The van der Waals surface area contributed by atoms with Crippen molar-refractivity contribution in [2.24, 2.45) is 0 Å². The fourth-order valence-electron chi connectivity index (χ4n) is 1.59. The molecule has 1 rings (SSSR count). The van der Waals surface area contributed by atoms with Gasteiger partial charge in [0.25, 0.3) is 0 Å². The van der Waals surface area contributed by atoms with E-state index >= 15 is 0 Å². The van der Waals surface area contributed by atoms with Crippen LogP contribution in [-0.2, 0) is 10.3 Å². The molecule has 0 aliphatic rings. The van der Waals surface area contributed by atoms with Gasteiger partial charge in [-0.3, -0.25) is 0 Å². The van der Waals surface area contributed by atoms with Crippen molar-refractivity contribution in [1.82, 2.24) is 5.32 Å². The molecule has 21 heavy (non-hydrogen) atoms. The zero-order valence-electron chi connectivity index (χ0n) is 12.0. The van der Waals surface area contributed by atoms with Crippen LogP contribution in [0.25, 0.3) is 0 Å². The summed E-state index contributed by atoms with van der Waals surface area (Å²) in [5.41, 5.74) is -4.37. The van der Waals surface area contributed by atoms with E-state index in [2.05, 4.69) is 0 Å². The van der Waals surface area contributed by atoms with Crippen molar-refractivity contribution in [3.05, 3.63) is 35.9 Å². The number of halogens is 3. The Bertz CT molecular complexity index is 482. The number of aliphatic hydroxyl groups is 1. The summed E-state index contributed by atoms with van der Waals surface area (Å²) in [4.78, 5) is 11.5. The summed E-state index contributed by atoms with van der Waals surface area (Å²) in [5, 5.41) is 11.9. The Morgan fingerprint density at radius 3 is 2.14 bits per heavy atom. The number of hydrogen-bond donors (Lipinski definition) is 2. The number of rotatable bonds is 3. The summed E-state index contributed by atoms with van der Waals surface area (Å²) in [7, 11) is 0. The van der Waals surface area contributed by atoms with Crippen molar-refractivity contribution in [1.29, 1.82) is 0 Å². The average molecular weight is 305 g/mol. The maximum absolute atomic E-state index is 13.1. The molecule has 1 aromatic rings. The van der Waals surface area contributed by atoms with E-state index in [0.717, 1.165) is 12.1 Å². The third-order valence-corrected chi connectivity index (χ3v) is 2.61. The van der Waals surface area contributed by atoms with Gasteiger partial charge in [-0.2, -0.15) is 13.2 Å². The van der Waals surface area contributed by atoms with E-state index < -0.39 is 30.0 Å². The SMILES string of the molecule is CC(C)(C)OC(=O)NCC(O)(c1ccccc1)C(F)(F)F. The number of carbonyl (C=O) groups is 1. The van der Waals surface area contributed by atoms with Crippen molar-refractivity contribution in [3.63, 3.8) is 0 Å². The molecule has 1 atom stereocenters. The van der Waals surface area contributed by atoms with Gasteiger partial charge < -0.3 is 15.2 Å². The Kier molecular flexibility index (Phi) is 4.88. The number of alkyl carbamates (subject to hydrolysis) is 1. The van der Waals surface area contributed by atoms with Crippen molar-refractivity contribution < 1.29 is 27.8 Å². The Balaban J connectivity index is 2.89. The lowest BCUT2D eigenvalue weighted by Gasteiger charge is -2.31. The zero-order chi connectivity index (χ0) is 16.3. The molecule has 4 nitrogen and oxygen atoms in total. The molecule has 0 aromatic heterocycles. The van der Waals surface area contributed by atoms with Gasteiger partial charge in [-0.05, 0) is 26.3 Å². The number of alkyl halides is 3. The lowest BCUT2D eigenvalue weighted by molar-refractivity contribution is -0.263. The van der Waals surface area contributed by atoms with Crippen LogP contribution in [0.1, 0.15) is 26.3 Å². The van der Waals surface area contributed by atoms with Crippen LogP contribution >= 0.6 is 0 Å². The second-order valence-electron chi connectivity index (χ2n) is 5.58. The molecule has 118 valence electrons. The van der Waals surface area contributed by atoms with Crippen LogP contribution in [0.2, 0.25) is 0 Å². The second kappa shape index (κ2) is 5.93. The number of benzene rings is 1. The predicted molar refractivity (Wildman–Crippen MR) is 70.6 cm³/mol. The third-order valence-electron chi connectivity index (χ3n) is 2.61. The van der Waals surface area contributed by atoms with Crippen LogP contribution in [0.15, 0.2) is 30.3 Å². The third kappa shape index (κ3) is 4.63. The summed E-state index contributed by atoms with van der Waals surface area (Å²) in [5.74, 6) is 0. The predicted octanol–water partition coefficient (Wildman–Crippen LogP) is 2.96. The number of amides is 1. The Morgan fingerprint density at radius 1 is 1.19 bits per heavy atom. The van der Waals surface area contributed by atoms with Gasteiger partial charge in [-0.15, -0.1) is 0 Å². The molecule has 0 spiro atoms. The lowest BCUT2D eigenvalue weighted by atomic mass is 9.93. The van der Waals surface area contributed by atoms with Gasteiger partial charge >= 0.3 is 12.3 Å². The molecule has 0 heterocycles. The van der Waals surface area contributed by atoms with Gasteiger partial charge in [0.2, 0.25) is 5.60 Å². The highest BCUT2D eigenvalue weighted by Gasteiger charge is 2.55. The van der Waals surface area contributed by atoms with Crippen LogP contribution < -0.4 is 5.32 Å². The van der Waals surface area contributed by atoms with E-state index in [9.17, 15) is 23.1 Å². The van der Waals surface area contributed by atoms with E-state index in [1.807, 2.05) is 5.32 Å². The first-order valence-corrected chi connectivity index (χ1v) is 6.27. The Hall–Kier alpha value is -1.76. The topological polar surface area (TPSA) is 58.6 Å². The molecular formula is C14H18F3NO3. The molecule has 0 radical (unpaired) electrons. The van der Waals surface area contributed by atoms with E-state index in [0.29, 0.717) is 0 Å². The standard InChI is InChI=1S/C14H18F3NO3/c1-12(2,3)21-11(19)18-9-13(20,14(15,16)17)10-7-5-4-6-8-10/h4-8,20H,9H2,1-3H3,(H,18,19).